The third-order valence-corrected chi connectivity index (χ3v) is 6.37. The average Bonchev–Trinajstić information content (AvgIpc) is 3.46. The number of benzene rings is 1. The van der Waals surface area contributed by atoms with Crippen LogP contribution in [0.1, 0.15) is 33.6 Å². The van der Waals surface area contributed by atoms with Gasteiger partial charge in [-0.1, -0.05) is 0 Å². The molecule has 2 aliphatic rings. The Morgan fingerprint density at radius 2 is 0.925 bits per heavy atom. The quantitative estimate of drug-likeness (QED) is 0.414. The molecule has 0 N–H and O–H groups in total. The molecular formula is C30H8F2N8. The van der Waals surface area contributed by atoms with Crippen LogP contribution >= 0.6 is 0 Å². The van der Waals surface area contributed by atoms with Crippen LogP contribution in [0.15, 0.2) is 59.9 Å². The fraction of sp³-hybridized carbons (Fsp3) is 0. The summed E-state index contributed by atoms with van der Waals surface area (Å²) in [6, 6.07) is 19.3. The largest absolute Gasteiger partial charge is 0.253 e. The van der Waals surface area contributed by atoms with Crippen LogP contribution in [0.4, 0.5) is 8.78 Å². The van der Waals surface area contributed by atoms with Crippen molar-refractivity contribution in [1.29, 1.82) is 31.6 Å². The number of hydrogen-bond acceptors (Lipinski definition) is 8. The first-order chi connectivity index (χ1) is 19.4. The van der Waals surface area contributed by atoms with Crippen molar-refractivity contribution in [3.8, 4) is 36.4 Å². The Balaban J connectivity index is 1.92. The Labute approximate surface area is 225 Å². The smallest absolute Gasteiger partial charge is 0.141 e. The number of hydrogen-bond donors (Lipinski definition) is 0. The molecule has 0 atom stereocenters. The van der Waals surface area contributed by atoms with E-state index in [0.717, 1.165) is 24.5 Å². The molecule has 1 aromatic carbocycles. The van der Waals surface area contributed by atoms with Crippen molar-refractivity contribution in [2.45, 2.75) is 0 Å². The molecule has 0 amide bonds. The molecule has 182 valence electrons. The summed E-state index contributed by atoms with van der Waals surface area (Å²) in [5.41, 5.74) is 0.961. The average molecular weight is 518 g/mol. The van der Waals surface area contributed by atoms with Gasteiger partial charge in [-0.15, -0.1) is 0 Å². The summed E-state index contributed by atoms with van der Waals surface area (Å²) in [6.45, 7) is 0. The third-order valence-electron chi connectivity index (χ3n) is 6.37. The van der Waals surface area contributed by atoms with Gasteiger partial charge in [-0.05, 0) is 47.5 Å². The summed E-state index contributed by atoms with van der Waals surface area (Å²) in [7, 11) is 0. The predicted octanol–water partition coefficient (Wildman–Crippen LogP) is 5.25. The molecule has 5 rings (SSSR count). The fourth-order valence-electron chi connectivity index (χ4n) is 4.80. The molecule has 0 radical (unpaired) electrons. The molecule has 0 saturated carbocycles. The van der Waals surface area contributed by atoms with E-state index in [1.165, 1.54) is 24.3 Å². The van der Waals surface area contributed by atoms with Gasteiger partial charge >= 0.3 is 0 Å². The van der Waals surface area contributed by atoms with E-state index in [9.17, 15) is 40.4 Å². The Morgan fingerprint density at radius 3 is 1.20 bits per heavy atom. The van der Waals surface area contributed by atoms with Gasteiger partial charge in [0.1, 0.15) is 59.2 Å². The molecule has 40 heavy (non-hydrogen) atoms. The highest BCUT2D eigenvalue weighted by Gasteiger charge is 2.37. The number of halogens is 2. The van der Waals surface area contributed by atoms with E-state index >= 15 is 0 Å². The second kappa shape index (κ2) is 9.63. The number of nitrogens with zero attached hydrogens (tertiary/aromatic N) is 8. The van der Waals surface area contributed by atoms with Crippen molar-refractivity contribution in [3.63, 3.8) is 0 Å². The van der Waals surface area contributed by atoms with Crippen LogP contribution in [0.3, 0.4) is 0 Å². The minimum atomic E-state index is -0.635. The lowest BCUT2D eigenvalue weighted by Gasteiger charge is -2.10. The molecule has 0 aliphatic heterocycles. The van der Waals surface area contributed by atoms with Crippen LogP contribution in [0.2, 0.25) is 0 Å². The number of pyridine rings is 2. The van der Waals surface area contributed by atoms with Gasteiger partial charge < -0.3 is 0 Å². The van der Waals surface area contributed by atoms with Crippen molar-refractivity contribution in [2.75, 3.05) is 0 Å². The van der Waals surface area contributed by atoms with Crippen molar-refractivity contribution >= 4 is 33.4 Å². The number of aromatic nitrogens is 2. The van der Waals surface area contributed by atoms with Gasteiger partial charge in [0.15, 0.2) is 0 Å². The first-order valence-electron chi connectivity index (χ1n) is 11.2. The number of fused-ring (bicyclic) bond motifs is 2. The standard InChI is InChI=1S/C30H8F2N8/c31-17-1-3-25(39-13-17)29-23(11-37)19-5-22-20(6-21(19)27(29)15(7-33)8-34)24(12-38)30(28(22)16(9-35)10-36)26-4-2-18(32)14-40-26/h1-6,13-14H. The van der Waals surface area contributed by atoms with E-state index < -0.39 is 11.6 Å². The number of rotatable bonds is 2. The zero-order valence-corrected chi connectivity index (χ0v) is 20.0. The van der Waals surface area contributed by atoms with Crippen LogP contribution < -0.4 is 0 Å². The molecule has 2 aliphatic carbocycles. The zero-order valence-electron chi connectivity index (χ0n) is 20.0. The van der Waals surface area contributed by atoms with Crippen LogP contribution in [-0.4, -0.2) is 9.97 Å². The van der Waals surface area contributed by atoms with Crippen molar-refractivity contribution in [2.24, 2.45) is 0 Å². The van der Waals surface area contributed by atoms with Crippen LogP contribution in [0, 0.1) is 79.6 Å². The first-order valence-corrected chi connectivity index (χ1v) is 11.2. The lowest BCUT2D eigenvalue weighted by Crippen LogP contribution is -1.96. The van der Waals surface area contributed by atoms with E-state index in [1.807, 2.05) is 24.3 Å². The van der Waals surface area contributed by atoms with Crippen LogP contribution in [-0.2, 0) is 0 Å². The number of allylic oxidation sites excluding steroid dienone is 8. The van der Waals surface area contributed by atoms with E-state index in [4.69, 9.17) is 0 Å². The maximum Gasteiger partial charge on any atom is 0.141 e. The number of nitriles is 6. The Kier molecular flexibility index (Phi) is 6.00. The highest BCUT2D eigenvalue weighted by Crippen LogP contribution is 2.53. The van der Waals surface area contributed by atoms with Crippen LogP contribution in [0.5, 0.6) is 0 Å². The molecule has 3 aromatic rings. The Hall–Kier alpha value is -6.72. The molecular weight excluding hydrogens is 510 g/mol. The molecule has 0 saturated heterocycles. The molecule has 0 bridgehead atoms. The summed E-state index contributed by atoms with van der Waals surface area (Å²) < 4.78 is 27.3. The van der Waals surface area contributed by atoms with E-state index in [1.54, 1.807) is 0 Å². The maximum absolute atomic E-state index is 13.6. The fourth-order valence-corrected chi connectivity index (χ4v) is 4.80. The summed E-state index contributed by atoms with van der Waals surface area (Å²) >= 11 is 0. The molecule has 2 heterocycles. The van der Waals surface area contributed by atoms with E-state index in [-0.39, 0.29) is 78.2 Å². The topological polar surface area (TPSA) is 169 Å². The SMILES string of the molecule is N#CC(C#N)=C1C(c2ccc(F)cn2)=C(C#N)c2cc3c(cc21)C(C#N)=C(c1ccc(F)cn1)C3=C(C#N)C#N. The van der Waals surface area contributed by atoms with Gasteiger partial charge in [-0.3, -0.25) is 9.97 Å². The second-order valence-corrected chi connectivity index (χ2v) is 8.34. The highest BCUT2D eigenvalue weighted by molar-refractivity contribution is 6.29. The lowest BCUT2D eigenvalue weighted by atomic mass is 9.91. The molecule has 0 spiro atoms. The van der Waals surface area contributed by atoms with Crippen molar-refractivity contribution < 1.29 is 8.78 Å². The summed E-state index contributed by atoms with van der Waals surface area (Å²) in [6.07, 6.45) is 1.86. The third kappa shape index (κ3) is 3.60. The monoisotopic (exact) mass is 518 g/mol. The molecule has 2 aromatic heterocycles. The highest BCUT2D eigenvalue weighted by atomic mass is 19.1. The second-order valence-electron chi connectivity index (χ2n) is 8.34. The minimum Gasteiger partial charge on any atom is -0.253 e. The van der Waals surface area contributed by atoms with Gasteiger partial charge in [-0.2, -0.15) is 31.6 Å². The molecule has 10 heteroatoms. The normalized spacial score (nSPS) is 12.8. The first kappa shape index (κ1) is 25.0. The van der Waals surface area contributed by atoms with Gasteiger partial charge in [-0.25, -0.2) is 8.78 Å². The Bertz CT molecular complexity index is 1870. The molecule has 8 nitrogen and oxygen atoms in total. The lowest BCUT2D eigenvalue weighted by molar-refractivity contribution is 0.620. The molecule has 0 unspecified atom stereocenters. The van der Waals surface area contributed by atoms with E-state index in [0.29, 0.717) is 0 Å². The minimum absolute atomic E-state index is 0.0107. The predicted molar refractivity (Wildman–Crippen MR) is 136 cm³/mol. The van der Waals surface area contributed by atoms with Gasteiger partial charge in [0.2, 0.25) is 0 Å². The zero-order chi connectivity index (χ0) is 28.6. The summed E-state index contributed by atoms with van der Waals surface area (Å²) in [5, 5.41) is 59.4. The van der Waals surface area contributed by atoms with Gasteiger partial charge in [0.25, 0.3) is 0 Å². The van der Waals surface area contributed by atoms with Crippen molar-refractivity contribution in [3.05, 3.63) is 105 Å². The summed E-state index contributed by atoms with van der Waals surface area (Å²) in [5.74, 6) is -1.27. The maximum atomic E-state index is 13.6. The molecule has 0 fully saturated rings. The van der Waals surface area contributed by atoms with Gasteiger partial charge in [0.05, 0.1) is 34.9 Å². The van der Waals surface area contributed by atoms with Gasteiger partial charge in [0, 0.05) is 33.4 Å². The summed E-state index contributed by atoms with van der Waals surface area (Å²) in [4.78, 5) is 8.10. The Morgan fingerprint density at radius 1 is 0.550 bits per heavy atom. The van der Waals surface area contributed by atoms with Crippen molar-refractivity contribution in [1.82, 2.24) is 9.97 Å². The van der Waals surface area contributed by atoms with Crippen LogP contribution in [0.25, 0.3) is 33.4 Å². The van der Waals surface area contributed by atoms with E-state index in [2.05, 4.69) is 22.1 Å².